The number of alkyl halides is 3. The number of nitrogens with zero attached hydrogens (tertiary/aromatic N) is 6. The van der Waals surface area contributed by atoms with Crippen molar-refractivity contribution in [1.29, 1.82) is 0 Å². The molecule has 0 unspecified atom stereocenters. The van der Waals surface area contributed by atoms with Crippen LogP contribution in [0.1, 0.15) is 64.0 Å². The van der Waals surface area contributed by atoms with Gasteiger partial charge in [0.15, 0.2) is 17.2 Å². The minimum Gasteiger partial charge on any atom is -0.444 e. The second-order valence-electron chi connectivity index (χ2n) is 12.4. The van der Waals surface area contributed by atoms with Gasteiger partial charge in [0.2, 0.25) is 0 Å². The molecule has 3 aromatic heterocycles. The Morgan fingerprint density at radius 3 is 2.62 bits per heavy atom. The van der Waals surface area contributed by atoms with Crippen molar-refractivity contribution in [3.05, 3.63) is 41.6 Å². The van der Waals surface area contributed by atoms with Gasteiger partial charge < -0.3 is 19.7 Å². The summed E-state index contributed by atoms with van der Waals surface area (Å²) in [7, 11) is 0. The Hall–Kier alpha value is -3.35. The van der Waals surface area contributed by atoms with Crippen molar-refractivity contribution >= 4 is 17.4 Å². The number of hydrogen-bond donors (Lipinski definition) is 1. The summed E-state index contributed by atoms with van der Waals surface area (Å²) in [5, 5.41) is 11.5. The van der Waals surface area contributed by atoms with E-state index in [1.807, 2.05) is 46.9 Å². The fourth-order valence-corrected chi connectivity index (χ4v) is 6.01. The Morgan fingerprint density at radius 2 is 1.95 bits per heavy atom. The first kappa shape index (κ1) is 25.9. The lowest BCUT2D eigenvalue weighted by atomic mass is 9.68. The molecule has 1 aliphatic carbocycles. The molecule has 1 atom stereocenters. The van der Waals surface area contributed by atoms with Gasteiger partial charge in [0.1, 0.15) is 11.2 Å². The van der Waals surface area contributed by atoms with E-state index in [9.17, 15) is 18.0 Å². The molecule has 0 radical (unpaired) electrons. The third-order valence-electron chi connectivity index (χ3n) is 7.90. The zero-order valence-electron chi connectivity index (χ0n) is 22.6. The number of carbonyl (C=O) groups excluding carboxylic acids is 1. The van der Waals surface area contributed by atoms with E-state index >= 15 is 0 Å². The van der Waals surface area contributed by atoms with Crippen LogP contribution in [0.4, 0.5) is 23.7 Å². The number of hydrogen-bond acceptors (Lipinski definition) is 7. The monoisotopic (exact) mass is 547 g/mol. The van der Waals surface area contributed by atoms with E-state index in [-0.39, 0.29) is 0 Å². The van der Waals surface area contributed by atoms with Gasteiger partial charge in [-0.15, -0.1) is 5.10 Å². The summed E-state index contributed by atoms with van der Waals surface area (Å²) in [6, 6.07) is 3.04. The smallest absolute Gasteiger partial charge is 0.435 e. The summed E-state index contributed by atoms with van der Waals surface area (Å²) >= 11 is 0. The highest BCUT2D eigenvalue weighted by Gasteiger charge is 2.66. The zero-order chi connectivity index (χ0) is 28.0. The Morgan fingerprint density at radius 1 is 1.21 bits per heavy atom. The van der Waals surface area contributed by atoms with Crippen LogP contribution in [0, 0.1) is 6.92 Å². The predicted molar refractivity (Wildman–Crippen MR) is 134 cm³/mol. The van der Waals surface area contributed by atoms with Gasteiger partial charge in [-0.05, 0) is 58.7 Å². The summed E-state index contributed by atoms with van der Waals surface area (Å²) in [4.78, 5) is 19.2. The van der Waals surface area contributed by atoms with Crippen LogP contribution in [0.15, 0.2) is 24.5 Å². The number of aryl methyl sites for hydroxylation is 1. The standard InChI is InChI=1S/C26H32F3N7O3/c1-16-10-17(34-9-7-23(5,14-34)36-8-6-18(32-36)26(27,28)29)11-35-19(16)30-20(33-35)25-12-24(13-25,15-38-25)31-21(37)39-22(2,3)4/h6,8,10-11H,7,9,12-15H2,1-5H3,(H,31,37)/t23-,24?,25?/m1/s1. The molecule has 39 heavy (non-hydrogen) atoms. The first-order chi connectivity index (χ1) is 18.1. The van der Waals surface area contributed by atoms with Crippen molar-refractivity contribution in [2.75, 3.05) is 24.6 Å². The number of halogens is 3. The molecule has 13 heteroatoms. The number of nitrogens with one attached hydrogen (secondary N) is 1. The molecule has 4 fully saturated rings. The van der Waals surface area contributed by atoms with E-state index in [0.717, 1.165) is 17.3 Å². The normalized spacial score (nSPS) is 28.7. The van der Waals surface area contributed by atoms with E-state index in [0.29, 0.717) is 50.4 Å². The molecule has 2 bridgehead atoms. The Bertz CT molecular complexity index is 1450. The van der Waals surface area contributed by atoms with E-state index in [1.54, 1.807) is 4.52 Å². The second kappa shape index (κ2) is 8.09. The van der Waals surface area contributed by atoms with Crippen LogP contribution >= 0.6 is 0 Å². The molecule has 3 aromatic rings. The number of anilines is 1. The largest absolute Gasteiger partial charge is 0.444 e. The van der Waals surface area contributed by atoms with Gasteiger partial charge in [0, 0.05) is 32.1 Å². The number of ether oxygens (including phenoxy) is 2. The molecule has 1 amide bonds. The number of carbonyl (C=O) groups is 1. The minimum absolute atomic E-state index is 0.363. The van der Waals surface area contributed by atoms with E-state index in [4.69, 9.17) is 19.6 Å². The highest BCUT2D eigenvalue weighted by molar-refractivity contribution is 5.69. The third-order valence-corrected chi connectivity index (χ3v) is 7.90. The van der Waals surface area contributed by atoms with Crippen LogP contribution in [0.5, 0.6) is 0 Å². The minimum atomic E-state index is -4.47. The number of alkyl carbamates (subject to hydrolysis) is 1. The average molecular weight is 548 g/mol. The highest BCUT2D eigenvalue weighted by atomic mass is 19.4. The van der Waals surface area contributed by atoms with Crippen molar-refractivity contribution in [2.45, 2.75) is 82.3 Å². The lowest BCUT2D eigenvalue weighted by Crippen LogP contribution is -2.59. The molecule has 10 nitrogen and oxygen atoms in total. The first-order valence-corrected chi connectivity index (χ1v) is 13.0. The molecule has 6 heterocycles. The van der Waals surface area contributed by atoms with Gasteiger partial charge in [-0.3, -0.25) is 4.68 Å². The van der Waals surface area contributed by atoms with Crippen molar-refractivity contribution in [3.8, 4) is 0 Å². The molecule has 1 N–H and O–H groups in total. The van der Waals surface area contributed by atoms with Gasteiger partial charge in [-0.1, -0.05) is 0 Å². The van der Waals surface area contributed by atoms with Crippen LogP contribution < -0.4 is 10.2 Å². The lowest BCUT2D eigenvalue weighted by molar-refractivity contribution is -0.141. The van der Waals surface area contributed by atoms with Crippen molar-refractivity contribution < 1.29 is 27.4 Å². The fourth-order valence-electron chi connectivity index (χ4n) is 6.01. The van der Waals surface area contributed by atoms with Crippen LogP contribution in [0.3, 0.4) is 0 Å². The molecule has 0 aromatic carbocycles. The lowest BCUT2D eigenvalue weighted by Gasteiger charge is -2.43. The van der Waals surface area contributed by atoms with E-state index in [2.05, 4.69) is 15.3 Å². The molecular weight excluding hydrogens is 515 g/mol. The number of amides is 1. The van der Waals surface area contributed by atoms with E-state index in [1.165, 1.54) is 10.9 Å². The first-order valence-electron chi connectivity index (χ1n) is 13.0. The van der Waals surface area contributed by atoms with Gasteiger partial charge in [-0.25, -0.2) is 14.3 Å². The maximum absolute atomic E-state index is 13.1. The Kier molecular flexibility index (Phi) is 5.37. The van der Waals surface area contributed by atoms with Crippen LogP contribution in [0.2, 0.25) is 0 Å². The summed E-state index contributed by atoms with van der Waals surface area (Å²) in [5.41, 5.74) is -0.657. The molecule has 3 saturated heterocycles. The Balaban J connectivity index is 1.19. The van der Waals surface area contributed by atoms with Gasteiger partial charge in [0.05, 0.1) is 29.6 Å². The van der Waals surface area contributed by atoms with Crippen molar-refractivity contribution in [1.82, 2.24) is 29.7 Å². The van der Waals surface area contributed by atoms with E-state index < -0.39 is 40.2 Å². The molecule has 1 saturated carbocycles. The molecule has 0 spiro atoms. The van der Waals surface area contributed by atoms with Crippen LogP contribution in [-0.4, -0.2) is 61.3 Å². The van der Waals surface area contributed by atoms with Gasteiger partial charge in [0.25, 0.3) is 0 Å². The maximum atomic E-state index is 13.1. The number of rotatable bonds is 4. The predicted octanol–water partition coefficient (Wildman–Crippen LogP) is 4.16. The average Bonchev–Trinajstić information content (AvgIpc) is 3.58. The van der Waals surface area contributed by atoms with Gasteiger partial charge >= 0.3 is 12.3 Å². The maximum Gasteiger partial charge on any atom is 0.435 e. The molecule has 210 valence electrons. The number of fused-ring (bicyclic) bond motifs is 2. The molecule has 3 aliphatic heterocycles. The quantitative estimate of drug-likeness (QED) is 0.524. The van der Waals surface area contributed by atoms with Crippen LogP contribution in [-0.2, 0) is 26.8 Å². The summed E-state index contributed by atoms with van der Waals surface area (Å²) in [6.07, 6.45) is 0.142. The van der Waals surface area contributed by atoms with Crippen LogP contribution in [0.25, 0.3) is 5.65 Å². The topological polar surface area (TPSA) is 98.8 Å². The number of pyridine rings is 1. The Labute approximate surface area is 223 Å². The van der Waals surface area contributed by atoms with Crippen molar-refractivity contribution in [3.63, 3.8) is 0 Å². The van der Waals surface area contributed by atoms with Crippen molar-refractivity contribution in [2.24, 2.45) is 0 Å². The summed E-state index contributed by atoms with van der Waals surface area (Å²) in [5.74, 6) is 0.573. The third kappa shape index (κ3) is 4.40. The number of aromatic nitrogens is 5. The highest BCUT2D eigenvalue weighted by Crippen LogP contribution is 2.57. The zero-order valence-corrected chi connectivity index (χ0v) is 22.6. The molecule has 4 aliphatic rings. The van der Waals surface area contributed by atoms with Gasteiger partial charge in [-0.2, -0.15) is 18.3 Å². The molecule has 7 rings (SSSR count). The second-order valence-corrected chi connectivity index (χ2v) is 12.4. The summed E-state index contributed by atoms with van der Waals surface area (Å²) in [6.45, 7) is 10.9. The molecular formula is C26H32F3N7O3. The summed E-state index contributed by atoms with van der Waals surface area (Å²) < 4.78 is 54.0. The fraction of sp³-hybridized carbons (Fsp3) is 0.615. The SMILES string of the molecule is Cc1cc(N2CC[C@@](C)(n3ccc(C(F)(F)F)n3)C2)cn2nc(C34CC(NC(=O)OC(C)(C)C)(CO3)C4)nc12.